The number of halogens is 1. The van der Waals surface area contributed by atoms with Crippen LogP contribution in [0.4, 0.5) is 4.39 Å². The molecule has 0 bridgehead atoms. The molecule has 0 aromatic heterocycles. The normalized spacial score (nSPS) is 15.9. The topological polar surface area (TPSA) is 59.1 Å². The number of piperazine rings is 1. The van der Waals surface area contributed by atoms with E-state index in [1.54, 1.807) is 28.0 Å². The number of hydrogen-bond donors (Lipinski definition) is 0. The van der Waals surface area contributed by atoms with Gasteiger partial charge in [0.2, 0.25) is 6.79 Å². The highest BCUT2D eigenvalue weighted by molar-refractivity contribution is 5.98. The van der Waals surface area contributed by atoms with Gasteiger partial charge in [-0.3, -0.25) is 9.59 Å². The van der Waals surface area contributed by atoms with Crippen molar-refractivity contribution in [1.29, 1.82) is 0 Å². The lowest BCUT2D eigenvalue weighted by molar-refractivity contribution is 0.0533. The van der Waals surface area contributed by atoms with E-state index in [2.05, 4.69) is 0 Å². The second kappa shape index (κ2) is 6.67. The Bertz CT molecular complexity index is 845. The van der Waals surface area contributed by atoms with Gasteiger partial charge in [0, 0.05) is 31.7 Å². The Balaban J connectivity index is 1.42. The molecule has 1 saturated heterocycles. The van der Waals surface area contributed by atoms with E-state index in [1.165, 1.54) is 24.3 Å². The molecule has 6 nitrogen and oxygen atoms in total. The molecule has 2 aliphatic rings. The highest BCUT2D eigenvalue weighted by Crippen LogP contribution is 2.36. The van der Waals surface area contributed by atoms with Gasteiger partial charge < -0.3 is 19.3 Å². The fraction of sp³-hybridized carbons (Fsp3) is 0.263. The van der Waals surface area contributed by atoms with Crippen molar-refractivity contribution >= 4 is 11.8 Å². The molecule has 0 unspecified atom stereocenters. The van der Waals surface area contributed by atoms with E-state index >= 15 is 0 Å². The number of carbonyl (C=O) groups excluding carboxylic acids is 2. The number of amides is 2. The second-order valence-electron chi connectivity index (χ2n) is 6.13. The standard InChI is InChI=1S/C19H17FN2O4/c20-14-6-4-13(5-7-14)18(23)21-8-10-22(11-9-21)19(24)15-2-1-3-16-17(15)26-12-25-16/h1-7H,8-12H2. The Morgan fingerprint density at radius 1 is 0.846 bits per heavy atom. The fourth-order valence-electron chi connectivity index (χ4n) is 3.16. The monoisotopic (exact) mass is 356 g/mol. The molecule has 2 amide bonds. The van der Waals surface area contributed by atoms with Crippen molar-refractivity contribution in [3.8, 4) is 11.5 Å². The lowest BCUT2D eigenvalue weighted by Gasteiger charge is -2.35. The van der Waals surface area contributed by atoms with Crippen LogP contribution >= 0.6 is 0 Å². The molecule has 0 radical (unpaired) electrons. The molecule has 2 aromatic carbocycles. The molecule has 0 atom stereocenters. The van der Waals surface area contributed by atoms with Crippen LogP contribution in [-0.2, 0) is 0 Å². The number of benzene rings is 2. The van der Waals surface area contributed by atoms with E-state index in [9.17, 15) is 14.0 Å². The summed E-state index contributed by atoms with van der Waals surface area (Å²) in [5.41, 5.74) is 0.913. The summed E-state index contributed by atoms with van der Waals surface area (Å²) in [4.78, 5) is 28.6. The maximum atomic E-state index is 13.0. The van der Waals surface area contributed by atoms with Crippen LogP contribution in [0.25, 0.3) is 0 Å². The minimum Gasteiger partial charge on any atom is -0.454 e. The zero-order valence-corrected chi connectivity index (χ0v) is 14.0. The summed E-state index contributed by atoms with van der Waals surface area (Å²) in [6.45, 7) is 1.81. The minimum absolute atomic E-state index is 0.111. The van der Waals surface area contributed by atoms with Crippen LogP contribution in [0.2, 0.25) is 0 Å². The summed E-state index contributed by atoms with van der Waals surface area (Å²) >= 11 is 0. The highest BCUT2D eigenvalue weighted by atomic mass is 19.1. The van der Waals surface area contributed by atoms with Gasteiger partial charge in [-0.25, -0.2) is 4.39 Å². The largest absolute Gasteiger partial charge is 0.454 e. The zero-order valence-electron chi connectivity index (χ0n) is 14.0. The maximum absolute atomic E-state index is 13.0. The number of para-hydroxylation sites is 1. The number of nitrogens with zero attached hydrogens (tertiary/aromatic N) is 2. The summed E-state index contributed by atoms with van der Waals surface area (Å²) < 4.78 is 23.7. The molecule has 0 N–H and O–H groups in total. The number of ether oxygens (including phenoxy) is 2. The predicted molar refractivity (Wildman–Crippen MR) is 90.8 cm³/mol. The van der Waals surface area contributed by atoms with E-state index in [-0.39, 0.29) is 24.4 Å². The molecule has 4 rings (SSSR count). The molecular formula is C19H17FN2O4. The van der Waals surface area contributed by atoms with Crippen molar-refractivity contribution in [2.75, 3.05) is 33.0 Å². The third kappa shape index (κ3) is 2.96. The lowest BCUT2D eigenvalue weighted by Crippen LogP contribution is -2.50. The summed E-state index contributed by atoms with van der Waals surface area (Å²) in [6, 6.07) is 10.7. The van der Waals surface area contributed by atoms with Crippen molar-refractivity contribution in [3.05, 3.63) is 59.4 Å². The maximum Gasteiger partial charge on any atom is 0.257 e. The third-order valence-electron chi connectivity index (χ3n) is 4.57. The van der Waals surface area contributed by atoms with Gasteiger partial charge in [-0.2, -0.15) is 0 Å². The fourth-order valence-corrected chi connectivity index (χ4v) is 3.16. The SMILES string of the molecule is O=C(c1ccc(F)cc1)N1CCN(C(=O)c2cccc3c2OCO3)CC1. The Kier molecular flexibility index (Phi) is 4.20. The van der Waals surface area contributed by atoms with Crippen molar-refractivity contribution in [2.45, 2.75) is 0 Å². The number of fused-ring (bicyclic) bond motifs is 1. The second-order valence-corrected chi connectivity index (χ2v) is 6.13. The van der Waals surface area contributed by atoms with Gasteiger partial charge in [0.15, 0.2) is 11.5 Å². The van der Waals surface area contributed by atoms with Crippen molar-refractivity contribution < 1.29 is 23.5 Å². The molecule has 0 aliphatic carbocycles. The molecule has 0 spiro atoms. The first-order valence-corrected chi connectivity index (χ1v) is 8.36. The summed E-state index contributed by atoms with van der Waals surface area (Å²) in [5, 5.41) is 0. The van der Waals surface area contributed by atoms with E-state index in [1.807, 2.05) is 0 Å². The predicted octanol–water partition coefficient (Wildman–Crippen LogP) is 2.15. The van der Waals surface area contributed by atoms with E-state index in [0.29, 0.717) is 48.8 Å². The van der Waals surface area contributed by atoms with Gasteiger partial charge in [-0.1, -0.05) is 6.07 Å². The zero-order chi connectivity index (χ0) is 18.1. The van der Waals surface area contributed by atoms with Gasteiger partial charge in [0.25, 0.3) is 11.8 Å². The van der Waals surface area contributed by atoms with Gasteiger partial charge in [-0.05, 0) is 36.4 Å². The smallest absolute Gasteiger partial charge is 0.257 e. The van der Waals surface area contributed by atoms with Crippen LogP contribution < -0.4 is 9.47 Å². The summed E-state index contributed by atoms with van der Waals surface area (Å²) in [7, 11) is 0. The van der Waals surface area contributed by atoms with Crippen LogP contribution in [0.5, 0.6) is 11.5 Å². The minimum atomic E-state index is -0.376. The van der Waals surface area contributed by atoms with Crippen LogP contribution in [0.15, 0.2) is 42.5 Å². The van der Waals surface area contributed by atoms with Crippen LogP contribution in [0, 0.1) is 5.82 Å². The van der Waals surface area contributed by atoms with Crippen molar-refractivity contribution in [3.63, 3.8) is 0 Å². The van der Waals surface area contributed by atoms with E-state index < -0.39 is 0 Å². The van der Waals surface area contributed by atoms with Crippen molar-refractivity contribution in [2.24, 2.45) is 0 Å². The number of carbonyl (C=O) groups is 2. The Hall–Kier alpha value is -3.09. The quantitative estimate of drug-likeness (QED) is 0.827. The summed E-state index contributed by atoms with van der Waals surface area (Å²) in [6.07, 6.45) is 0. The first-order valence-electron chi connectivity index (χ1n) is 8.36. The summed E-state index contributed by atoms with van der Waals surface area (Å²) in [5.74, 6) is 0.373. The molecule has 2 aliphatic heterocycles. The first-order chi connectivity index (χ1) is 12.6. The van der Waals surface area contributed by atoms with E-state index in [0.717, 1.165) is 0 Å². The highest BCUT2D eigenvalue weighted by Gasteiger charge is 2.29. The average molecular weight is 356 g/mol. The molecule has 2 heterocycles. The van der Waals surface area contributed by atoms with E-state index in [4.69, 9.17) is 9.47 Å². The Morgan fingerprint density at radius 2 is 1.50 bits per heavy atom. The molecule has 134 valence electrons. The van der Waals surface area contributed by atoms with Gasteiger partial charge in [0.1, 0.15) is 5.82 Å². The van der Waals surface area contributed by atoms with Crippen LogP contribution in [-0.4, -0.2) is 54.6 Å². The van der Waals surface area contributed by atoms with Gasteiger partial charge >= 0.3 is 0 Å². The molecule has 26 heavy (non-hydrogen) atoms. The van der Waals surface area contributed by atoms with Gasteiger partial charge in [0.05, 0.1) is 5.56 Å². The lowest BCUT2D eigenvalue weighted by atomic mass is 10.1. The Labute approximate surface area is 149 Å². The van der Waals surface area contributed by atoms with Crippen LogP contribution in [0.3, 0.4) is 0 Å². The Morgan fingerprint density at radius 3 is 2.19 bits per heavy atom. The molecule has 1 fully saturated rings. The average Bonchev–Trinajstić information content (AvgIpc) is 3.16. The van der Waals surface area contributed by atoms with Gasteiger partial charge in [-0.15, -0.1) is 0 Å². The molecule has 2 aromatic rings. The first kappa shape index (κ1) is 16.4. The molecule has 0 saturated carbocycles. The van der Waals surface area contributed by atoms with Crippen molar-refractivity contribution in [1.82, 2.24) is 9.80 Å². The third-order valence-corrected chi connectivity index (χ3v) is 4.57. The number of rotatable bonds is 2. The van der Waals surface area contributed by atoms with Crippen LogP contribution in [0.1, 0.15) is 20.7 Å². The molecular weight excluding hydrogens is 339 g/mol. The molecule has 7 heteroatoms. The number of hydrogen-bond acceptors (Lipinski definition) is 4.